The molecular weight excluding hydrogens is 272 g/mol. The first kappa shape index (κ1) is 15.0. The number of amides is 1. The number of ether oxygens (including phenoxy) is 1. The monoisotopic (exact) mass is 292 g/mol. The molecule has 4 nitrogen and oxygen atoms in total. The molecule has 1 aliphatic rings. The molecule has 1 amide bonds. The molecule has 1 aliphatic heterocycles. The first-order valence-corrected chi connectivity index (χ1v) is 7.69. The molecule has 108 valence electrons. The molecule has 1 fully saturated rings. The summed E-state index contributed by atoms with van der Waals surface area (Å²) in [6.07, 6.45) is 2.03. The zero-order valence-electron chi connectivity index (χ0n) is 11.6. The maximum Gasteiger partial charge on any atom is 0.261 e. The van der Waals surface area contributed by atoms with Crippen LogP contribution in [0, 0.1) is 17.8 Å². The molecular formula is C15H20N2O2S. The molecule has 0 aliphatic carbocycles. The second-order valence-corrected chi connectivity index (χ2v) is 5.97. The van der Waals surface area contributed by atoms with Crippen LogP contribution in [0.15, 0.2) is 12.1 Å². The van der Waals surface area contributed by atoms with Crippen LogP contribution in [-0.4, -0.2) is 31.7 Å². The van der Waals surface area contributed by atoms with Gasteiger partial charge in [0.25, 0.3) is 5.91 Å². The van der Waals surface area contributed by atoms with E-state index < -0.39 is 0 Å². The van der Waals surface area contributed by atoms with Crippen LogP contribution in [0.1, 0.15) is 34.3 Å². The fourth-order valence-electron chi connectivity index (χ4n) is 2.28. The van der Waals surface area contributed by atoms with Gasteiger partial charge in [0.15, 0.2) is 0 Å². The average molecular weight is 292 g/mol. The van der Waals surface area contributed by atoms with Crippen molar-refractivity contribution in [3.05, 3.63) is 21.9 Å². The van der Waals surface area contributed by atoms with Crippen molar-refractivity contribution in [1.82, 2.24) is 5.32 Å². The Bertz CT molecular complexity index is 509. The van der Waals surface area contributed by atoms with Crippen molar-refractivity contribution >= 4 is 17.2 Å². The first-order chi connectivity index (χ1) is 9.70. The lowest BCUT2D eigenvalue weighted by atomic mass is 9.93. The summed E-state index contributed by atoms with van der Waals surface area (Å²) in [6, 6.07) is 3.85. The first-order valence-electron chi connectivity index (χ1n) is 6.88. The number of rotatable bonds is 3. The van der Waals surface area contributed by atoms with E-state index in [1.807, 2.05) is 12.1 Å². The minimum atomic E-state index is -0.0187. The summed E-state index contributed by atoms with van der Waals surface area (Å²) in [4.78, 5) is 13.8. The lowest BCUT2D eigenvalue weighted by Gasteiger charge is -2.28. The third-order valence-electron chi connectivity index (χ3n) is 3.48. The van der Waals surface area contributed by atoms with Gasteiger partial charge in [0.05, 0.1) is 16.3 Å². The van der Waals surface area contributed by atoms with Gasteiger partial charge < -0.3 is 15.8 Å². The predicted octanol–water partition coefficient (Wildman–Crippen LogP) is 1.60. The molecule has 3 N–H and O–H groups in total. The second kappa shape index (κ2) is 7.44. The molecule has 1 aromatic heterocycles. The van der Waals surface area contributed by atoms with E-state index in [4.69, 9.17) is 10.5 Å². The number of carbonyl (C=O) groups is 1. The number of hydrogen-bond acceptors (Lipinski definition) is 4. The lowest BCUT2D eigenvalue weighted by Crippen LogP contribution is -2.40. The number of nitrogens with two attached hydrogens (primary N) is 1. The third-order valence-corrected chi connectivity index (χ3v) is 4.47. The van der Waals surface area contributed by atoms with E-state index in [2.05, 4.69) is 24.1 Å². The molecule has 20 heavy (non-hydrogen) atoms. The van der Waals surface area contributed by atoms with E-state index in [0.29, 0.717) is 17.3 Å². The van der Waals surface area contributed by atoms with Crippen molar-refractivity contribution < 1.29 is 9.53 Å². The fraction of sp³-hybridized carbons (Fsp3) is 0.533. The molecule has 0 radical (unpaired) electrons. The maximum atomic E-state index is 12.2. The summed E-state index contributed by atoms with van der Waals surface area (Å²) in [6.45, 7) is 3.99. The van der Waals surface area contributed by atoms with Crippen molar-refractivity contribution in [3.63, 3.8) is 0 Å². The highest BCUT2D eigenvalue weighted by Gasteiger charge is 2.22. The standard InChI is InChI=1S/C15H20N2O2S/c1-11(12-6-9-19-10-7-12)17-15(18)14-5-4-13(20-14)3-2-8-16/h4-5,11-12H,6-10,16H2,1H3,(H,17,18). The van der Waals surface area contributed by atoms with E-state index in [1.165, 1.54) is 11.3 Å². The molecule has 0 saturated carbocycles. The Morgan fingerprint density at radius 3 is 3.00 bits per heavy atom. The quantitative estimate of drug-likeness (QED) is 0.832. The highest BCUT2D eigenvalue weighted by molar-refractivity contribution is 7.14. The van der Waals surface area contributed by atoms with Gasteiger partial charge in [-0.2, -0.15) is 0 Å². The van der Waals surface area contributed by atoms with Crippen molar-refractivity contribution in [3.8, 4) is 11.8 Å². The molecule has 0 aromatic carbocycles. The summed E-state index contributed by atoms with van der Waals surface area (Å²) in [7, 11) is 0. The Morgan fingerprint density at radius 2 is 2.30 bits per heavy atom. The Kier molecular flexibility index (Phi) is 5.60. The second-order valence-electron chi connectivity index (χ2n) is 4.88. The zero-order valence-corrected chi connectivity index (χ0v) is 12.5. The minimum absolute atomic E-state index is 0.0187. The van der Waals surface area contributed by atoms with Crippen LogP contribution < -0.4 is 11.1 Å². The molecule has 1 saturated heterocycles. The molecule has 1 unspecified atom stereocenters. The van der Waals surface area contributed by atoms with Crippen LogP contribution in [0.5, 0.6) is 0 Å². The highest BCUT2D eigenvalue weighted by Crippen LogP contribution is 2.20. The Labute approximate surface area is 123 Å². The van der Waals surface area contributed by atoms with Gasteiger partial charge in [-0.15, -0.1) is 11.3 Å². The van der Waals surface area contributed by atoms with E-state index in [9.17, 15) is 4.79 Å². The van der Waals surface area contributed by atoms with E-state index in [-0.39, 0.29) is 11.9 Å². The van der Waals surface area contributed by atoms with Gasteiger partial charge in [0, 0.05) is 19.3 Å². The normalized spacial score (nSPS) is 17.1. The number of thiophene rings is 1. The van der Waals surface area contributed by atoms with Crippen LogP contribution in [0.2, 0.25) is 0 Å². The van der Waals surface area contributed by atoms with Gasteiger partial charge in [-0.05, 0) is 37.8 Å². The topological polar surface area (TPSA) is 64.4 Å². The van der Waals surface area contributed by atoms with Gasteiger partial charge in [-0.3, -0.25) is 4.79 Å². The van der Waals surface area contributed by atoms with Crippen LogP contribution in [0.3, 0.4) is 0 Å². The third kappa shape index (κ3) is 4.07. The van der Waals surface area contributed by atoms with Crippen LogP contribution in [-0.2, 0) is 4.74 Å². The molecule has 0 spiro atoms. The number of nitrogens with one attached hydrogen (secondary N) is 1. The highest BCUT2D eigenvalue weighted by atomic mass is 32.1. The Balaban J connectivity index is 1.92. The summed E-state index contributed by atoms with van der Waals surface area (Å²) >= 11 is 1.40. The molecule has 1 aromatic rings. The van der Waals surface area contributed by atoms with Gasteiger partial charge in [0.1, 0.15) is 0 Å². The SMILES string of the molecule is CC(NC(=O)c1ccc(C#CCN)s1)C1CCOCC1. The summed E-state index contributed by atoms with van der Waals surface area (Å²) in [5.41, 5.74) is 5.33. The van der Waals surface area contributed by atoms with Crippen molar-refractivity contribution in [2.24, 2.45) is 11.7 Å². The zero-order chi connectivity index (χ0) is 14.4. The van der Waals surface area contributed by atoms with Crippen molar-refractivity contribution in [2.45, 2.75) is 25.8 Å². The van der Waals surface area contributed by atoms with Crippen LogP contribution in [0.25, 0.3) is 0 Å². The molecule has 5 heteroatoms. The Morgan fingerprint density at radius 1 is 1.55 bits per heavy atom. The van der Waals surface area contributed by atoms with Gasteiger partial charge in [-0.25, -0.2) is 0 Å². The predicted molar refractivity (Wildman–Crippen MR) is 80.7 cm³/mol. The average Bonchev–Trinajstić information content (AvgIpc) is 2.95. The van der Waals surface area contributed by atoms with Crippen molar-refractivity contribution in [2.75, 3.05) is 19.8 Å². The molecule has 2 heterocycles. The molecule has 2 rings (SSSR count). The summed E-state index contributed by atoms with van der Waals surface area (Å²) in [5.74, 6) is 6.22. The van der Waals surface area contributed by atoms with E-state index in [1.54, 1.807) is 0 Å². The molecule has 1 atom stereocenters. The number of carbonyl (C=O) groups excluding carboxylic acids is 1. The Hall–Kier alpha value is -1.35. The van der Waals surface area contributed by atoms with E-state index in [0.717, 1.165) is 30.9 Å². The van der Waals surface area contributed by atoms with Crippen molar-refractivity contribution in [1.29, 1.82) is 0 Å². The smallest absolute Gasteiger partial charge is 0.261 e. The lowest BCUT2D eigenvalue weighted by molar-refractivity contribution is 0.0539. The largest absolute Gasteiger partial charge is 0.381 e. The fourth-order valence-corrected chi connectivity index (χ4v) is 3.06. The van der Waals surface area contributed by atoms with Gasteiger partial charge in [-0.1, -0.05) is 11.8 Å². The summed E-state index contributed by atoms with van der Waals surface area (Å²) < 4.78 is 5.34. The van der Waals surface area contributed by atoms with E-state index >= 15 is 0 Å². The minimum Gasteiger partial charge on any atom is -0.381 e. The number of hydrogen-bond donors (Lipinski definition) is 2. The van der Waals surface area contributed by atoms with Crippen LogP contribution >= 0.6 is 11.3 Å². The maximum absolute atomic E-state index is 12.2. The van der Waals surface area contributed by atoms with Gasteiger partial charge in [0.2, 0.25) is 0 Å². The van der Waals surface area contributed by atoms with Crippen LogP contribution in [0.4, 0.5) is 0 Å². The van der Waals surface area contributed by atoms with Gasteiger partial charge >= 0.3 is 0 Å². The summed E-state index contributed by atoms with van der Waals surface area (Å²) in [5, 5.41) is 3.08. The molecule has 0 bridgehead atoms.